The van der Waals surface area contributed by atoms with Gasteiger partial charge in [0, 0.05) is 18.4 Å². The summed E-state index contributed by atoms with van der Waals surface area (Å²) in [6.07, 6.45) is 12.0. The summed E-state index contributed by atoms with van der Waals surface area (Å²) in [5, 5.41) is 0. The van der Waals surface area contributed by atoms with Crippen LogP contribution in [0.4, 0.5) is 0 Å². The Kier molecular flexibility index (Phi) is 9.76. The van der Waals surface area contributed by atoms with E-state index in [0.717, 1.165) is 32.1 Å². The Balaban J connectivity index is 1.96. The third-order valence-corrected chi connectivity index (χ3v) is 16.2. The highest BCUT2D eigenvalue weighted by molar-refractivity contribution is 6.77. The number of carbonyl (C=O) groups is 2. The van der Waals surface area contributed by atoms with Crippen molar-refractivity contribution in [3.05, 3.63) is 23.8 Å². The van der Waals surface area contributed by atoms with Crippen molar-refractivity contribution < 1.29 is 18.8 Å². The minimum Gasteiger partial charge on any atom is -0.469 e. The second-order valence-corrected chi connectivity index (χ2v) is 19.2. The summed E-state index contributed by atoms with van der Waals surface area (Å²) < 4.78 is 12.6. The number of methoxy groups -OCH3 is 1. The van der Waals surface area contributed by atoms with E-state index < -0.39 is 8.32 Å². The van der Waals surface area contributed by atoms with Gasteiger partial charge in [0.15, 0.2) is 0 Å². The average Bonchev–Trinajstić information content (AvgIpc) is 3.10. The first kappa shape index (κ1) is 30.3. The third-order valence-electron chi connectivity index (χ3n) is 10.1. The van der Waals surface area contributed by atoms with Crippen LogP contribution in [0, 0.1) is 35.0 Å². The Morgan fingerprint density at radius 2 is 1.68 bits per heavy atom. The molecule has 0 aromatic carbocycles. The molecule has 2 fully saturated rings. The lowest BCUT2D eigenvalue weighted by molar-refractivity contribution is -0.155. The molecule has 3 aliphatic rings. The van der Waals surface area contributed by atoms with Gasteiger partial charge in [0.25, 0.3) is 0 Å². The van der Waals surface area contributed by atoms with E-state index in [1.807, 2.05) is 0 Å². The fourth-order valence-corrected chi connectivity index (χ4v) is 13.9. The summed E-state index contributed by atoms with van der Waals surface area (Å²) in [6.45, 7) is 20.5. The van der Waals surface area contributed by atoms with Gasteiger partial charge in [0.1, 0.15) is 5.78 Å². The number of esters is 1. The van der Waals surface area contributed by atoms with Crippen LogP contribution in [0.15, 0.2) is 23.8 Å². The molecular formula is C32H54O4Si. The summed E-state index contributed by atoms with van der Waals surface area (Å²) in [5.74, 6) is 0.593. The predicted molar refractivity (Wildman–Crippen MR) is 155 cm³/mol. The molecule has 0 amide bonds. The monoisotopic (exact) mass is 530 g/mol. The number of allylic oxidation sites excluding steroid dienone is 3. The molecule has 0 aromatic heterocycles. The molecule has 2 bridgehead atoms. The number of Topliss-reactive ketones (excluding diaryl/α,β-unsaturated/α-hetero) is 1. The number of ketones is 1. The Labute approximate surface area is 228 Å². The maximum absolute atomic E-state index is 13.8. The molecule has 0 spiro atoms. The van der Waals surface area contributed by atoms with Crippen molar-refractivity contribution in [1.82, 2.24) is 0 Å². The minimum atomic E-state index is -2.03. The fourth-order valence-electron chi connectivity index (χ4n) is 8.34. The lowest BCUT2D eigenvalue weighted by Gasteiger charge is -2.47. The van der Waals surface area contributed by atoms with Crippen molar-refractivity contribution in [3.63, 3.8) is 0 Å². The van der Waals surface area contributed by atoms with E-state index in [1.165, 1.54) is 12.7 Å². The largest absolute Gasteiger partial charge is 0.469 e. The quantitative estimate of drug-likeness (QED) is 0.180. The van der Waals surface area contributed by atoms with Crippen molar-refractivity contribution in [2.24, 2.45) is 35.0 Å². The molecular weight excluding hydrogens is 476 g/mol. The zero-order valence-corrected chi connectivity index (χ0v) is 26.3. The molecule has 3 rings (SSSR count). The molecule has 0 heterocycles. The van der Waals surface area contributed by atoms with E-state index >= 15 is 0 Å². The van der Waals surface area contributed by atoms with Crippen molar-refractivity contribution >= 4 is 20.1 Å². The Bertz CT molecular complexity index is 863. The summed E-state index contributed by atoms with van der Waals surface area (Å²) in [4.78, 5) is 27.1. The van der Waals surface area contributed by atoms with Gasteiger partial charge in [-0.1, -0.05) is 86.1 Å². The van der Waals surface area contributed by atoms with Crippen LogP contribution in [0.1, 0.15) is 101 Å². The van der Waals surface area contributed by atoms with Crippen LogP contribution in [0.25, 0.3) is 0 Å². The number of hydrogen-bond acceptors (Lipinski definition) is 4. The molecule has 37 heavy (non-hydrogen) atoms. The molecule has 0 saturated heterocycles. The SMILES string of the molecule is COC(=O)[C@@H]1[C@@H]2CC(=O)[C@@H]3CC(=CC[C@H](O[Si](C(C)C)(C(C)C)C(C)C)C3)[C@H]2CC[C@]1(C)/C=C/C(C)C. The molecule has 4 nitrogen and oxygen atoms in total. The van der Waals surface area contributed by atoms with Crippen LogP contribution < -0.4 is 0 Å². The van der Waals surface area contributed by atoms with Crippen LogP contribution in [0.5, 0.6) is 0 Å². The Morgan fingerprint density at radius 3 is 2.22 bits per heavy atom. The van der Waals surface area contributed by atoms with Gasteiger partial charge < -0.3 is 9.16 Å². The first-order valence-corrected chi connectivity index (χ1v) is 17.1. The third kappa shape index (κ3) is 6.03. The zero-order chi connectivity index (χ0) is 27.7. The van der Waals surface area contributed by atoms with Gasteiger partial charge in [-0.25, -0.2) is 0 Å². The number of ether oxygens (including phenoxy) is 1. The van der Waals surface area contributed by atoms with Crippen LogP contribution in [0.3, 0.4) is 0 Å². The summed E-state index contributed by atoms with van der Waals surface area (Å²) in [7, 11) is -0.532. The normalized spacial score (nSPS) is 33.1. The first-order chi connectivity index (χ1) is 17.3. The minimum absolute atomic E-state index is 0.00158. The second kappa shape index (κ2) is 11.9. The van der Waals surface area contributed by atoms with Gasteiger partial charge in [0.2, 0.25) is 8.32 Å². The van der Waals surface area contributed by atoms with Crippen LogP contribution in [0.2, 0.25) is 16.6 Å². The van der Waals surface area contributed by atoms with Crippen molar-refractivity contribution in [3.8, 4) is 0 Å². The van der Waals surface area contributed by atoms with E-state index in [-0.39, 0.29) is 41.2 Å². The standard InChI is InChI=1S/C32H54O4Si/c1-20(2)13-15-32(9)16-14-27-24-11-12-26(36-37(21(3)4,22(5)6)23(7)8)18-25(17-24)29(33)19-28(27)30(32)31(34)35-10/h11,13,15,20-23,25-28,30H,12,14,16-19H2,1-10H3/b15-13+/t25-,26+,27-,28-,30+,32+/m1/s1. The molecule has 3 aliphatic carbocycles. The van der Waals surface area contributed by atoms with Gasteiger partial charge in [-0.15, -0.1) is 0 Å². The number of carbonyl (C=O) groups excluding carboxylic acids is 2. The molecule has 0 unspecified atom stereocenters. The van der Waals surface area contributed by atoms with E-state index in [1.54, 1.807) is 0 Å². The highest BCUT2D eigenvalue weighted by atomic mass is 28.4. The summed E-state index contributed by atoms with van der Waals surface area (Å²) >= 11 is 0. The van der Waals surface area contributed by atoms with E-state index in [2.05, 4.69) is 80.5 Å². The van der Waals surface area contributed by atoms with Gasteiger partial charge in [-0.05, 0) is 71.9 Å². The molecule has 6 atom stereocenters. The molecule has 0 aromatic rings. The number of hydrogen-bond donors (Lipinski definition) is 0. The Hall–Kier alpha value is -1.20. The highest BCUT2D eigenvalue weighted by Gasteiger charge is 2.53. The number of fused-ring (bicyclic) bond motifs is 4. The van der Waals surface area contributed by atoms with Crippen molar-refractivity contribution in [1.29, 1.82) is 0 Å². The lowest BCUT2D eigenvalue weighted by Crippen LogP contribution is -2.50. The molecule has 0 radical (unpaired) electrons. The molecule has 2 saturated carbocycles. The maximum atomic E-state index is 13.8. The molecule has 5 heteroatoms. The van der Waals surface area contributed by atoms with Gasteiger partial charge in [-0.3, -0.25) is 9.59 Å². The Morgan fingerprint density at radius 1 is 1.05 bits per heavy atom. The van der Waals surface area contributed by atoms with Crippen LogP contribution in [-0.2, 0) is 18.8 Å². The van der Waals surface area contributed by atoms with Gasteiger partial charge >= 0.3 is 5.97 Å². The summed E-state index contributed by atoms with van der Waals surface area (Å²) in [6, 6.07) is 0. The van der Waals surface area contributed by atoms with Gasteiger partial charge in [-0.2, -0.15) is 0 Å². The van der Waals surface area contributed by atoms with Crippen LogP contribution >= 0.6 is 0 Å². The van der Waals surface area contributed by atoms with E-state index in [9.17, 15) is 9.59 Å². The second-order valence-electron chi connectivity index (χ2n) is 13.8. The molecule has 0 N–H and O–H groups in total. The van der Waals surface area contributed by atoms with Crippen molar-refractivity contribution in [2.75, 3.05) is 7.11 Å². The fraction of sp³-hybridized carbons (Fsp3) is 0.812. The maximum Gasteiger partial charge on any atom is 0.309 e. The lowest BCUT2D eigenvalue weighted by atomic mass is 9.56. The first-order valence-electron chi connectivity index (χ1n) is 14.9. The smallest absolute Gasteiger partial charge is 0.309 e. The number of rotatable bonds is 8. The zero-order valence-electron chi connectivity index (χ0n) is 25.3. The van der Waals surface area contributed by atoms with E-state index in [4.69, 9.17) is 9.16 Å². The molecule has 0 aliphatic heterocycles. The highest BCUT2D eigenvalue weighted by Crippen LogP contribution is 2.55. The average molecular weight is 531 g/mol. The van der Waals surface area contributed by atoms with Crippen LogP contribution in [-0.4, -0.2) is 33.3 Å². The predicted octanol–water partition coefficient (Wildman–Crippen LogP) is 8.28. The topological polar surface area (TPSA) is 52.6 Å². The molecule has 210 valence electrons. The van der Waals surface area contributed by atoms with E-state index in [0.29, 0.717) is 34.7 Å². The van der Waals surface area contributed by atoms with Crippen molar-refractivity contribution in [2.45, 2.75) is 124 Å². The van der Waals surface area contributed by atoms with Gasteiger partial charge in [0.05, 0.1) is 13.0 Å². The summed E-state index contributed by atoms with van der Waals surface area (Å²) in [5.41, 5.74) is 2.71.